The average Bonchev–Trinajstić information content (AvgIpc) is 3.01. The molecular weight excluding hydrogens is 481 g/mol. The van der Waals surface area contributed by atoms with Crippen LogP contribution in [0.25, 0.3) is 0 Å². The van der Waals surface area contributed by atoms with Gasteiger partial charge in [0.2, 0.25) is 0 Å². The lowest BCUT2D eigenvalue weighted by atomic mass is 10.0. The molecule has 0 radical (unpaired) electrons. The monoisotopic (exact) mass is 521 g/mol. The Morgan fingerprint density at radius 3 is 2.39 bits per heavy atom. The van der Waals surface area contributed by atoms with Crippen LogP contribution in [0.15, 0.2) is 17.1 Å². The summed E-state index contributed by atoms with van der Waals surface area (Å²) in [5, 5.41) is 7.02. The van der Waals surface area contributed by atoms with Crippen LogP contribution < -0.4 is 10.6 Å². The summed E-state index contributed by atoms with van der Waals surface area (Å²) in [6, 6.07) is 5.31. The standard InChI is InChI=1S/C21H39N5S.HI/c1-7-22-21(24-17(4)14-19-9-8-18(5)27-19)23-15-20(16(2)3)26-12-10-25(6)11-13-26;/h8-9,16-17,20H,7,10-15H2,1-6H3,(H2,22,23,24);1H. The average molecular weight is 522 g/mol. The largest absolute Gasteiger partial charge is 0.357 e. The van der Waals surface area contributed by atoms with Gasteiger partial charge in [-0.2, -0.15) is 0 Å². The van der Waals surface area contributed by atoms with Crippen LogP contribution in [0.4, 0.5) is 0 Å². The molecule has 1 aliphatic rings. The number of rotatable bonds is 8. The van der Waals surface area contributed by atoms with E-state index >= 15 is 0 Å². The number of nitrogens with one attached hydrogen (secondary N) is 2. The number of thiophene rings is 1. The number of hydrogen-bond acceptors (Lipinski definition) is 4. The molecule has 1 fully saturated rings. The number of aryl methyl sites for hydroxylation is 1. The molecule has 1 aromatic heterocycles. The van der Waals surface area contributed by atoms with E-state index in [1.807, 2.05) is 11.3 Å². The van der Waals surface area contributed by atoms with Crippen molar-refractivity contribution in [2.45, 2.75) is 53.1 Å². The van der Waals surface area contributed by atoms with Crippen molar-refractivity contribution < 1.29 is 0 Å². The minimum Gasteiger partial charge on any atom is -0.357 e. The lowest BCUT2D eigenvalue weighted by molar-refractivity contribution is 0.0925. The Bertz CT molecular complexity index is 581. The van der Waals surface area contributed by atoms with Gasteiger partial charge in [0.1, 0.15) is 0 Å². The molecule has 2 rings (SSSR count). The van der Waals surface area contributed by atoms with Gasteiger partial charge >= 0.3 is 0 Å². The molecule has 28 heavy (non-hydrogen) atoms. The summed E-state index contributed by atoms with van der Waals surface area (Å²) in [6.07, 6.45) is 1.04. The van der Waals surface area contributed by atoms with Crippen molar-refractivity contribution >= 4 is 41.3 Å². The second-order valence-corrected chi connectivity index (χ2v) is 9.50. The van der Waals surface area contributed by atoms with Gasteiger partial charge in [0.25, 0.3) is 0 Å². The molecule has 0 amide bonds. The molecule has 2 unspecified atom stereocenters. The third-order valence-electron chi connectivity index (χ3n) is 5.24. The molecule has 0 bridgehead atoms. The summed E-state index contributed by atoms with van der Waals surface area (Å²) in [5.74, 6) is 1.55. The Labute approximate surface area is 193 Å². The highest BCUT2D eigenvalue weighted by Gasteiger charge is 2.24. The van der Waals surface area contributed by atoms with E-state index in [9.17, 15) is 0 Å². The zero-order valence-electron chi connectivity index (χ0n) is 18.5. The van der Waals surface area contributed by atoms with Crippen LogP contribution in [0.5, 0.6) is 0 Å². The number of piperazine rings is 1. The number of likely N-dealkylation sites (N-methyl/N-ethyl adjacent to an activating group) is 1. The molecule has 0 aliphatic carbocycles. The van der Waals surface area contributed by atoms with Crippen molar-refractivity contribution in [1.82, 2.24) is 20.4 Å². The van der Waals surface area contributed by atoms with E-state index in [1.165, 1.54) is 9.75 Å². The van der Waals surface area contributed by atoms with Gasteiger partial charge in [-0.25, -0.2) is 0 Å². The first-order valence-electron chi connectivity index (χ1n) is 10.4. The first-order chi connectivity index (χ1) is 12.9. The Hall–Kier alpha value is -0.380. The minimum absolute atomic E-state index is 0. The van der Waals surface area contributed by atoms with Crippen molar-refractivity contribution in [3.05, 3.63) is 21.9 Å². The third-order valence-corrected chi connectivity index (χ3v) is 6.27. The van der Waals surface area contributed by atoms with Crippen molar-refractivity contribution in [2.75, 3.05) is 46.3 Å². The van der Waals surface area contributed by atoms with Gasteiger partial charge in [-0.15, -0.1) is 35.3 Å². The van der Waals surface area contributed by atoms with Crippen LogP contribution in [0, 0.1) is 12.8 Å². The highest BCUT2D eigenvalue weighted by molar-refractivity contribution is 14.0. The fraction of sp³-hybridized carbons (Fsp3) is 0.762. The molecule has 5 nitrogen and oxygen atoms in total. The van der Waals surface area contributed by atoms with E-state index in [2.05, 4.69) is 74.2 Å². The summed E-state index contributed by atoms with van der Waals surface area (Å²) >= 11 is 1.89. The second-order valence-electron chi connectivity index (χ2n) is 8.13. The number of nitrogens with zero attached hydrogens (tertiary/aromatic N) is 3. The maximum absolute atomic E-state index is 4.96. The Morgan fingerprint density at radius 2 is 1.86 bits per heavy atom. The molecule has 0 saturated carbocycles. The van der Waals surface area contributed by atoms with E-state index in [0.29, 0.717) is 18.0 Å². The van der Waals surface area contributed by atoms with E-state index in [1.54, 1.807) is 0 Å². The van der Waals surface area contributed by atoms with Gasteiger partial charge in [0, 0.05) is 61.0 Å². The van der Waals surface area contributed by atoms with Crippen LogP contribution >= 0.6 is 35.3 Å². The first-order valence-corrected chi connectivity index (χ1v) is 11.2. The zero-order valence-corrected chi connectivity index (χ0v) is 21.6. The molecule has 1 aliphatic heterocycles. The summed E-state index contributed by atoms with van der Waals surface area (Å²) in [4.78, 5) is 12.8. The SMILES string of the molecule is CCNC(=NCC(C(C)C)N1CCN(C)CC1)NC(C)Cc1ccc(C)s1.I. The molecule has 2 atom stereocenters. The Balaban J connectivity index is 0.00000392. The van der Waals surface area contributed by atoms with E-state index in [0.717, 1.165) is 51.6 Å². The van der Waals surface area contributed by atoms with Gasteiger partial charge in [-0.05, 0) is 45.9 Å². The number of halogens is 1. The maximum atomic E-state index is 4.96. The molecule has 2 N–H and O–H groups in total. The predicted molar refractivity (Wildman–Crippen MR) is 134 cm³/mol. The number of guanidine groups is 1. The molecule has 162 valence electrons. The molecule has 7 heteroatoms. The van der Waals surface area contributed by atoms with E-state index < -0.39 is 0 Å². The number of hydrogen-bond donors (Lipinski definition) is 2. The minimum atomic E-state index is 0. The van der Waals surface area contributed by atoms with Crippen molar-refractivity contribution in [1.29, 1.82) is 0 Å². The molecule has 0 aromatic carbocycles. The summed E-state index contributed by atoms with van der Waals surface area (Å²) in [5.41, 5.74) is 0. The van der Waals surface area contributed by atoms with Gasteiger partial charge in [0.05, 0.1) is 6.54 Å². The normalized spacial score (nSPS) is 18.6. The van der Waals surface area contributed by atoms with Crippen molar-refractivity contribution in [2.24, 2.45) is 10.9 Å². The van der Waals surface area contributed by atoms with Gasteiger partial charge in [-0.1, -0.05) is 13.8 Å². The molecule has 0 spiro atoms. The molecule has 1 aromatic rings. The smallest absolute Gasteiger partial charge is 0.191 e. The fourth-order valence-corrected chi connectivity index (χ4v) is 4.61. The highest BCUT2D eigenvalue weighted by atomic mass is 127. The zero-order chi connectivity index (χ0) is 19.8. The Morgan fingerprint density at radius 1 is 1.18 bits per heavy atom. The highest BCUT2D eigenvalue weighted by Crippen LogP contribution is 2.17. The predicted octanol–water partition coefficient (Wildman–Crippen LogP) is 3.43. The molecular formula is C21H40IN5S. The van der Waals surface area contributed by atoms with Crippen LogP contribution in [-0.4, -0.2) is 74.2 Å². The van der Waals surface area contributed by atoms with Gasteiger partial charge in [0.15, 0.2) is 5.96 Å². The van der Waals surface area contributed by atoms with Crippen LogP contribution in [0.1, 0.15) is 37.4 Å². The maximum Gasteiger partial charge on any atom is 0.191 e. The van der Waals surface area contributed by atoms with Crippen LogP contribution in [0.3, 0.4) is 0 Å². The van der Waals surface area contributed by atoms with Gasteiger partial charge < -0.3 is 15.5 Å². The second kappa shape index (κ2) is 13.0. The van der Waals surface area contributed by atoms with E-state index in [-0.39, 0.29) is 24.0 Å². The molecule has 2 heterocycles. The topological polar surface area (TPSA) is 42.9 Å². The third kappa shape index (κ3) is 8.55. The fourth-order valence-electron chi connectivity index (χ4n) is 3.59. The lowest BCUT2D eigenvalue weighted by Crippen LogP contribution is -2.52. The quantitative estimate of drug-likeness (QED) is 0.313. The van der Waals surface area contributed by atoms with E-state index in [4.69, 9.17) is 4.99 Å². The van der Waals surface area contributed by atoms with Crippen molar-refractivity contribution in [3.8, 4) is 0 Å². The first kappa shape index (κ1) is 25.7. The van der Waals surface area contributed by atoms with Crippen LogP contribution in [-0.2, 0) is 6.42 Å². The summed E-state index contributed by atoms with van der Waals surface area (Å²) < 4.78 is 0. The van der Waals surface area contributed by atoms with Crippen LogP contribution in [0.2, 0.25) is 0 Å². The molecule has 1 saturated heterocycles. The van der Waals surface area contributed by atoms with Crippen molar-refractivity contribution in [3.63, 3.8) is 0 Å². The number of aliphatic imine (C=N–C) groups is 1. The lowest BCUT2D eigenvalue weighted by Gasteiger charge is -2.39. The Kier molecular flexibility index (Phi) is 11.9. The summed E-state index contributed by atoms with van der Waals surface area (Å²) in [6.45, 7) is 17.5. The van der Waals surface area contributed by atoms with Gasteiger partial charge in [-0.3, -0.25) is 9.89 Å². The summed E-state index contributed by atoms with van der Waals surface area (Å²) in [7, 11) is 2.21.